The van der Waals surface area contributed by atoms with E-state index in [9.17, 15) is 13.2 Å². The summed E-state index contributed by atoms with van der Waals surface area (Å²) in [7, 11) is -1.53. The summed E-state index contributed by atoms with van der Waals surface area (Å²) in [5.74, 6) is -0.0643. The smallest absolute Gasteiger partial charge is 0.282 e. The molecule has 2 fully saturated rings. The number of amides is 1. The highest BCUT2D eigenvalue weighted by Gasteiger charge is 2.35. The van der Waals surface area contributed by atoms with Crippen molar-refractivity contribution in [3.05, 3.63) is 34.5 Å². The number of rotatable bonds is 3. The number of hydrogen-bond acceptors (Lipinski definition) is 3. The second-order valence-electron chi connectivity index (χ2n) is 7.50. The lowest BCUT2D eigenvalue weighted by molar-refractivity contribution is 0.0684. The minimum atomic E-state index is -3.41. The van der Waals surface area contributed by atoms with Crippen LogP contribution in [0.4, 0.5) is 0 Å². The van der Waals surface area contributed by atoms with E-state index in [0.717, 1.165) is 29.3 Å². The van der Waals surface area contributed by atoms with E-state index in [0.29, 0.717) is 50.0 Å². The van der Waals surface area contributed by atoms with Gasteiger partial charge in [-0.2, -0.15) is 17.0 Å². The van der Waals surface area contributed by atoms with E-state index in [1.807, 2.05) is 36.7 Å². The number of aryl methyl sites for hydroxylation is 2. The van der Waals surface area contributed by atoms with Crippen molar-refractivity contribution in [2.45, 2.75) is 19.8 Å². The van der Waals surface area contributed by atoms with Gasteiger partial charge in [0.15, 0.2) is 0 Å². The molecule has 7 nitrogen and oxygen atoms in total. The van der Waals surface area contributed by atoms with Gasteiger partial charge in [0.25, 0.3) is 16.1 Å². The molecule has 0 radical (unpaired) electrons. The summed E-state index contributed by atoms with van der Waals surface area (Å²) < 4.78 is 30.4. The maximum Gasteiger partial charge on any atom is 0.282 e. The Morgan fingerprint density at radius 1 is 1.00 bits per heavy atom. The zero-order chi connectivity index (χ0) is 20.1. The number of nitrogens with zero attached hydrogens (tertiary/aromatic N) is 4. The zero-order valence-corrected chi connectivity index (χ0v) is 17.8. The fourth-order valence-electron chi connectivity index (χ4n) is 4.26. The lowest BCUT2D eigenvalue weighted by Gasteiger charge is -2.36. The van der Waals surface area contributed by atoms with Crippen molar-refractivity contribution in [3.8, 4) is 0 Å². The van der Waals surface area contributed by atoms with Crippen molar-refractivity contribution >= 4 is 38.6 Å². The van der Waals surface area contributed by atoms with Crippen LogP contribution in [-0.4, -0.2) is 71.7 Å². The zero-order valence-electron chi connectivity index (χ0n) is 16.2. The molecule has 0 saturated carbocycles. The second-order valence-corrected chi connectivity index (χ2v) is 9.86. The molecule has 9 heteroatoms. The number of benzene rings is 1. The van der Waals surface area contributed by atoms with Gasteiger partial charge in [0.05, 0.1) is 0 Å². The van der Waals surface area contributed by atoms with Crippen LogP contribution >= 0.6 is 11.6 Å². The summed E-state index contributed by atoms with van der Waals surface area (Å²) in [5.41, 5.74) is 2.49. The standard InChI is InChI=1S/C19H25ClN4O3S/c1-14-16-13-15(20)5-6-17(16)21(2)18(14)19(25)22-9-11-24(12-10-22)28(26,27)23-7-3-4-8-23/h5-6,13H,3-4,7-12H2,1-2H3. The molecule has 1 aromatic heterocycles. The van der Waals surface area contributed by atoms with Gasteiger partial charge in [0.2, 0.25) is 0 Å². The second kappa shape index (κ2) is 7.33. The SMILES string of the molecule is Cc1c(C(=O)N2CCN(S(=O)(=O)N3CCCC3)CC2)n(C)c2ccc(Cl)cc12. The van der Waals surface area contributed by atoms with Gasteiger partial charge in [-0.25, -0.2) is 0 Å². The molecule has 152 valence electrons. The van der Waals surface area contributed by atoms with Crippen LogP contribution in [0.25, 0.3) is 10.9 Å². The molecule has 0 unspecified atom stereocenters. The lowest BCUT2D eigenvalue weighted by atomic mass is 10.1. The summed E-state index contributed by atoms with van der Waals surface area (Å²) in [6.07, 6.45) is 1.84. The maximum atomic E-state index is 13.2. The minimum Gasteiger partial charge on any atom is -0.339 e. The molecule has 2 aliphatic rings. The topological polar surface area (TPSA) is 65.9 Å². The Bertz CT molecular complexity index is 1020. The predicted molar refractivity (Wildman–Crippen MR) is 110 cm³/mol. The van der Waals surface area contributed by atoms with Crippen molar-refractivity contribution in [2.24, 2.45) is 7.05 Å². The van der Waals surface area contributed by atoms with Gasteiger partial charge in [-0.05, 0) is 43.5 Å². The molecule has 28 heavy (non-hydrogen) atoms. The Kier molecular flexibility index (Phi) is 5.16. The average molecular weight is 425 g/mol. The van der Waals surface area contributed by atoms with E-state index in [1.165, 1.54) is 4.31 Å². The largest absolute Gasteiger partial charge is 0.339 e. The number of fused-ring (bicyclic) bond motifs is 1. The molecular formula is C19H25ClN4O3S. The van der Waals surface area contributed by atoms with Gasteiger partial charge < -0.3 is 9.47 Å². The van der Waals surface area contributed by atoms with Crippen molar-refractivity contribution < 1.29 is 13.2 Å². The summed E-state index contributed by atoms with van der Waals surface area (Å²) >= 11 is 6.12. The fourth-order valence-corrected chi connectivity index (χ4v) is 6.10. The molecule has 0 spiro atoms. The minimum absolute atomic E-state index is 0.0643. The van der Waals surface area contributed by atoms with Crippen molar-refractivity contribution in [1.82, 2.24) is 18.1 Å². The molecule has 0 bridgehead atoms. The quantitative estimate of drug-likeness (QED) is 0.758. The molecule has 2 aromatic rings. The summed E-state index contributed by atoms with van der Waals surface area (Å²) in [6.45, 7) is 4.58. The molecule has 1 aromatic carbocycles. The molecule has 3 heterocycles. The number of aromatic nitrogens is 1. The van der Waals surface area contributed by atoms with Crippen LogP contribution in [0.1, 0.15) is 28.9 Å². The van der Waals surface area contributed by atoms with E-state index in [-0.39, 0.29) is 5.91 Å². The Morgan fingerprint density at radius 2 is 1.61 bits per heavy atom. The normalized spacial score (nSPS) is 19.6. The number of halogens is 1. The third kappa shape index (κ3) is 3.22. The van der Waals surface area contributed by atoms with E-state index >= 15 is 0 Å². The van der Waals surface area contributed by atoms with Crippen LogP contribution < -0.4 is 0 Å². The summed E-state index contributed by atoms with van der Waals surface area (Å²) in [5, 5.41) is 1.61. The molecule has 0 atom stereocenters. The number of hydrogen-bond donors (Lipinski definition) is 0. The fraction of sp³-hybridized carbons (Fsp3) is 0.526. The highest BCUT2D eigenvalue weighted by Crippen LogP contribution is 2.28. The molecular weight excluding hydrogens is 400 g/mol. The third-order valence-corrected chi connectivity index (χ3v) is 8.13. The summed E-state index contributed by atoms with van der Waals surface area (Å²) in [6, 6.07) is 5.62. The molecule has 0 N–H and O–H groups in total. The molecule has 0 aliphatic carbocycles. The number of piperazine rings is 1. The van der Waals surface area contributed by atoms with Gasteiger partial charge in [-0.1, -0.05) is 11.6 Å². The van der Waals surface area contributed by atoms with Crippen LogP contribution in [0.2, 0.25) is 5.02 Å². The molecule has 4 rings (SSSR count). The van der Waals surface area contributed by atoms with E-state index in [4.69, 9.17) is 11.6 Å². The number of carbonyl (C=O) groups is 1. The first-order valence-corrected chi connectivity index (χ1v) is 11.4. The van der Waals surface area contributed by atoms with Gasteiger partial charge in [0, 0.05) is 62.2 Å². The molecule has 2 saturated heterocycles. The van der Waals surface area contributed by atoms with Crippen LogP contribution in [0, 0.1) is 6.92 Å². The van der Waals surface area contributed by atoms with Gasteiger partial charge in [-0.15, -0.1) is 0 Å². The average Bonchev–Trinajstić information content (AvgIpc) is 3.30. The Labute approximate surface area is 170 Å². The monoisotopic (exact) mass is 424 g/mol. The van der Waals surface area contributed by atoms with E-state index in [2.05, 4.69) is 0 Å². The Morgan fingerprint density at radius 3 is 2.25 bits per heavy atom. The Hall–Kier alpha value is -1.61. The van der Waals surface area contributed by atoms with E-state index < -0.39 is 10.2 Å². The predicted octanol–water partition coefficient (Wildman–Crippen LogP) is 2.24. The van der Waals surface area contributed by atoms with Crippen LogP contribution in [0.3, 0.4) is 0 Å². The number of carbonyl (C=O) groups excluding carboxylic acids is 1. The Balaban J connectivity index is 1.53. The van der Waals surface area contributed by atoms with Crippen LogP contribution in [0.15, 0.2) is 18.2 Å². The van der Waals surface area contributed by atoms with Crippen molar-refractivity contribution in [3.63, 3.8) is 0 Å². The maximum absolute atomic E-state index is 13.2. The van der Waals surface area contributed by atoms with Gasteiger partial charge >= 0.3 is 0 Å². The first kappa shape index (κ1) is 19.7. The summed E-state index contributed by atoms with van der Waals surface area (Å²) in [4.78, 5) is 15.0. The third-order valence-electron chi connectivity index (χ3n) is 5.86. The van der Waals surface area contributed by atoms with Crippen LogP contribution in [0.5, 0.6) is 0 Å². The highest BCUT2D eigenvalue weighted by atomic mass is 35.5. The van der Waals surface area contributed by atoms with Gasteiger partial charge in [-0.3, -0.25) is 4.79 Å². The first-order chi connectivity index (χ1) is 13.3. The lowest BCUT2D eigenvalue weighted by Crippen LogP contribution is -2.54. The molecule has 1 amide bonds. The van der Waals surface area contributed by atoms with Crippen molar-refractivity contribution in [2.75, 3.05) is 39.3 Å². The van der Waals surface area contributed by atoms with E-state index in [1.54, 1.807) is 9.21 Å². The van der Waals surface area contributed by atoms with Crippen molar-refractivity contribution in [1.29, 1.82) is 0 Å². The molecule has 2 aliphatic heterocycles. The van der Waals surface area contributed by atoms with Gasteiger partial charge in [0.1, 0.15) is 5.69 Å². The first-order valence-electron chi connectivity index (χ1n) is 9.60. The van der Waals surface area contributed by atoms with Crippen LogP contribution in [-0.2, 0) is 17.3 Å². The highest BCUT2D eigenvalue weighted by molar-refractivity contribution is 7.86.